The fourth-order valence-electron chi connectivity index (χ4n) is 3.56. The Morgan fingerprint density at radius 3 is 2.23 bits per heavy atom. The molecular formula is C23H23FO2. The molecule has 0 bridgehead atoms. The number of halogens is 1. The lowest BCUT2D eigenvalue weighted by molar-refractivity contribution is 0.0696. The molecule has 0 saturated heterocycles. The summed E-state index contributed by atoms with van der Waals surface area (Å²) in [6, 6.07) is 10.0. The first-order valence-electron chi connectivity index (χ1n) is 8.80. The van der Waals surface area contributed by atoms with Crippen molar-refractivity contribution in [3.63, 3.8) is 0 Å². The Labute approximate surface area is 154 Å². The van der Waals surface area contributed by atoms with Crippen LogP contribution in [0.5, 0.6) is 0 Å². The van der Waals surface area contributed by atoms with Gasteiger partial charge in [0, 0.05) is 5.56 Å². The molecule has 2 aromatic carbocycles. The normalized spacial score (nSPS) is 17.0. The van der Waals surface area contributed by atoms with Gasteiger partial charge in [0.15, 0.2) is 0 Å². The Hall–Kier alpha value is -2.60. The van der Waals surface area contributed by atoms with Crippen LogP contribution < -0.4 is 0 Å². The smallest absolute Gasteiger partial charge is 0.335 e. The molecule has 3 rings (SSSR count). The Kier molecular flexibility index (Phi) is 4.40. The van der Waals surface area contributed by atoms with Crippen molar-refractivity contribution in [2.75, 3.05) is 0 Å². The van der Waals surface area contributed by atoms with E-state index in [4.69, 9.17) is 5.11 Å². The fourth-order valence-corrected chi connectivity index (χ4v) is 3.56. The van der Waals surface area contributed by atoms with Gasteiger partial charge in [0.2, 0.25) is 0 Å². The van der Waals surface area contributed by atoms with Gasteiger partial charge in [-0.2, -0.15) is 0 Å². The van der Waals surface area contributed by atoms with E-state index < -0.39 is 11.8 Å². The van der Waals surface area contributed by atoms with Crippen LogP contribution in [0.15, 0.2) is 36.4 Å². The molecule has 1 aliphatic carbocycles. The highest BCUT2D eigenvalue weighted by atomic mass is 19.1. The lowest BCUT2D eigenvalue weighted by Crippen LogP contribution is -2.33. The number of hydrogen-bond donors (Lipinski definition) is 1. The highest BCUT2D eigenvalue weighted by molar-refractivity contribution is 5.87. The summed E-state index contributed by atoms with van der Waals surface area (Å²) in [7, 11) is 0. The zero-order valence-corrected chi connectivity index (χ0v) is 15.6. The van der Waals surface area contributed by atoms with Crippen molar-refractivity contribution < 1.29 is 14.3 Å². The molecule has 26 heavy (non-hydrogen) atoms. The Morgan fingerprint density at radius 2 is 1.62 bits per heavy atom. The summed E-state index contributed by atoms with van der Waals surface area (Å²) in [5.74, 6) is 4.10. The van der Waals surface area contributed by atoms with Gasteiger partial charge in [-0.25, -0.2) is 9.18 Å². The van der Waals surface area contributed by atoms with E-state index in [1.54, 1.807) is 0 Å². The summed E-state index contributed by atoms with van der Waals surface area (Å²) in [6.45, 7) is 9.04. The SMILES string of the molecule is CC1(C)CCC(C)(C)c2cc(C#Cc3ccc(C(=O)O)cc3F)ccc21. The predicted octanol–water partition coefficient (Wildman–Crippen LogP) is 5.27. The van der Waals surface area contributed by atoms with Gasteiger partial charge in [-0.15, -0.1) is 0 Å². The first-order valence-corrected chi connectivity index (χ1v) is 8.80. The van der Waals surface area contributed by atoms with Crippen molar-refractivity contribution in [2.45, 2.75) is 51.4 Å². The monoisotopic (exact) mass is 350 g/mol. The van der Waals surface area contributed by atoms with Crippen molar-refractivity contribution in [3.05, 3.63) is 70.0 Å². The summed E-state index contributed by atoms with van der Waals surface area (Å²) in [4.78, 5) is 10.9. The standard InChI is InChI=1S/C23H23FO2/c1-22(2)11-12-23(3,4)19-13-15(6-10-18(19)22)5-7-16-8-9-17(21(25)26)14-20(16)24/h6,8-10,13-14H,11-12H2,1-4H3,(H,25,26). The number of carbonyl (C=O) groups is 1. The van der Waals surface area contributed by atoms with Gasteiger partial charge in [0.05, 0.1) is 11.1 Å². The molecule has 0 fully saturated rings. The minimum Gasteiger partial charge on any atom is -0.478 e. The maximum Gasteiger partial charge on any atom is 0.335 e. The lowest BCUT2D eigenvalue weighted by atomic mass is 9.63. The van der Waals surface area contributed by atoms with Crippen LogP contribution in [0.1, 0.15) is 73.1 Å². The number of benzene rings is 2. The molecule has 0 atom stereocenters. The summed E-state index contributed by atoms with van der Waals surface area (Å²) >= 11 is 0. The average Bonchev–Trinajstić information content (AvgIpc) is 2.58. The van der Waals surface area contributed by atoms with Crippen LogP contribution in [0, 0.1) is 17.7 Å². The molecule has 0 aliphatic heterocycles. The van der Waals surface area contributed by atoms with Crippen LogP contribution in [-0.4, -0.2) is 11.1 Å². The van der Waals surface area contributed by atoms with Gasteiger partial charge in [0.25, 0.3) is 0 Å². The number of carboxylic acids is 1. The van der Waals surface area contributed by atoms with E-state index >= 15 is 0 Å². The van der Waals surface area contributed by atoms with Gasteiger partial charge in [-0.05, 0) is 65.1 Å². The molecule has 0 saturated carbocycles. The van der Waals surface area contributed by atoms with Crippen LogP contribution in [0.25, 0.3) is 0 Å². The van der Waals surface area contributed by atoms with Crippen LogP contribution in [0.2, 0.25) is 0 Å². The molecule has 2 nitrogen and oxygen atoms in total. The second-order valence-electron chi connectivity index (χ2n) is 8.28. The average molecular weight is 350 g/mol. The minimum absolute atomic E-state index is 0.0780. The van der Waals surface area contributed by atoms with Crippen molar-refractivity contribution in [1.82, 2.24) is 0 Å². The molecule has 0 amide bonds. The third kappa shape index (κ3) is 3.37. The van der Waals surface area contributed by atoms with E-state index in [9.17, 15) is 9.18 Å². The Morgan fingerprint density at radius 1 is 0.962 bits per heavy atom. The van der Waals surface area contributed by atoms with Crippen molar-refractivity contribution >= 4 is 5.97 Å². The largest absolute Gasteiger partial charge is 0.478 e. The maximum absolute atomic E-state index is 14.0. The topological polar surface area (TPSA) is 37.3 Å². The number of fused-ring (bicyclic) bond motifs is 1. The van der Waals surface area contributed by atoms with E-state index in [-0.39, 0.29) is 22.0 Å². The van der Waals surface area contributed by atoms with E-state index in [0.717, 1.165) is 24.5 Å². The molecule has 1 N–H and O–H groups in total. The molecule has 0 radical (unpaired) electrons. The third-order valence-electron chi connectivity index (χ3n) is 5.41. The van der Waals surface area contributed by atoms with E-state index in [1.807, 2.05) is 6.07 Å². The first kappa shape index (κ1) is 18.2. The number of aromatic carboxylic acids is 1. The number of carboxylic acid groups (broad SMARTS) is 1. The van der Waals surface area contributed by atoms with Gasteiger partial charge < -0.3 is 5.11 Å². The molecular weight excluding hydrogens is 327 g/mol. The van der Waals surface area contributed by atoms with E-state index in [0.29, 0.717) is 0 Å². The van der Waals surface area contributed by atoms with Gasteiger partial charge in [-0.1, -0.05) is 45.6 Å². The summed E-state index contributed by atoms with van der Waals surface area (Å²) in [5.41, 5.74) is 3.87. The fraction of sp³-hybridized carbons (Fsp3) is 0.348. The second kappa shape index (κ2) is 6.29. The van der Waals surface area contributed by atoms with E-state index in [2.05, 4.69) is 51.7 Å². The molecule has 0 spiro atoms. The molecule has 2 aromatic rings. The number of rotatable bonds is 1. The summed E-state index contributed by atoms with van der Waals surface area (Å²) in [6.07, 6.45) is 2.27. The summed E-state index contributed by atoms with van der Waals surface area (Å²) < 4.78 is 14.0. The predicted molar refractivity (Wildman–Crippen MR) is 101 cm³/mol. The molecule has 0 heterocycles. The van der Waals surface area contributed by atoms with Crippen molar-refractivity contribution in [2.24, 2.45) is 0 Å². The molecule has 134 valence electrons. The Bertz CT molecular complexity index is 942. The minimum atomic E-state index is -1.15. The van der Waals surface area contributed by atoms with Crippen LogP contribution in [-0.2, 0) is 10.8 Å². The first-order chi connectivity index (χ1) is 12.1. The molecule has 0 aromatic heterocycles. The van der Waals surface area contributed by atoms with Crippen molar-refractivity contribution in [1.29, 1.82) is 0 Å². The number of hydrogen-bond acceptors (Lipinski definition) is 1. The highest BCUT2D eigenvalue weighted by Gasteiger charge is 2.36. The maximum atomic E-state index is 14.0. The zero-order valence-electron chi connectivity index (χ0n) is 15.6. The van der Waals surface area contributed by atoms with Gasteiger partial charge in [0.1, 0.15) is 5.82 Å². The highest BCUT2D eigenvalue weighted by Crippen LogP contribution is 2.45. The van der Waals surface area contributed by atoms with Crippen LogP contribution in [0.3, 0.4) is 0 Å². The second-order valence-corrected chi connectivity index (χ2v) is 8.28. The molecule has 0 unspecified atom stereocenters. The summed E-state index contributed by atoms with van der Waals surface area (Å²) in [5, 5.41) is 8.91. The van der Waals surface area contributed by atoms with Crippen molar-refractivity contribution in [3.8, 4) is 11.8 Å². The van der Waals surface area contributed by atoms with Crippen LogP contribution in [0.4, 0.5) is 4.39 Å². The molecule has 1 aliphatic rings. The Balaban J connectivity index is 1.99. The van der Waals surface area contributed by atoms with Crippen LogP contribution >= 0.6 is 0 Å². The zero-order chi connectivity index (χ0) is 19.1. The van der Waals surface area contributed by atoms with E-state index in [1.165, 1.54) is 23.3 Å². The van der Waals surface area contributed by atoms with Gasteiger partial charge in [-0.3, -0.25) is 0 Å². The quantitative estimate of drug-likeness (QED) is 0.711. The lowest BCUT2D eigenvalue weighted by Gasteiger charge is -2.41. The molecule has 3 heteroatoms. The van der Waals surface area contributed by atoms with Gasteiger partial charge >= 0.3 is 5.97 Å². The third-order valence-corrected chi connectivity index (χ3v) is 5.41.